The van der Waals surface area contributed by atoms with Crippen LogP contribution >= 0.6 is 15.9 Å². The van der Waals surface area contributed by atoms with E-state index >= 15 is 0 Å². The Balaban J connectivity index is 2.08. The van der Waals surface area contributed by atoms with Gasteiger partial charge in [-0.25, -0.2) is 0 Å². The van der Waals surface area contributed by atoms with Crippen molar-refractivity contribution >= 4 is 15.9 Å². The maximum atomic E-state index is 3.71. The molecule has 0 heterocycles. The van der Waals surface area contributed by atoms with Gasteiger partial charge in [0.25, 0.3) is 0 Å². The highest BCUT2D eigenvalue weighted by atomic mass is 79.9. The molecule has 80 valence electrons. The van der Waals surface area contributed by atoms with Gasteiger partial charge in [-0.3, -0.25) is 0 Å². The van der Waals surface area contributed by atoms with Gasteiger partial charge in [0, 0.05) is 4.47 Å². The predicted octanol–water partition coefficient (Wildman–Crippen LogP) is 4.67. The molecule has 1 aromatic rings. The van der Waals surface area contributed by atoms with E-state index in [1.165, 1.54) is 36.6 Å². The number of hydrogen-bond acceptors (Lipinski definition) is 0. The Labute approximate surface area is 100 Å². The minimum Gasteiger partial charge on any atom is -0.0608 e. The molecule has 0 saturated heterocycles. The van der Waals surface area contributed by atoms with E-state index in [0.29, 0.717) is 5.41 Å². The van der Waals surface area contributed by atoms with E-state index in [4.69, 9.17) is 0 Å². The van der Waals surface area contributed by atoms with E-state index in [1.54, 1.807) is 11.1 Å². The normalized spacial score (nSPS) is 27.2. The second kappa shape index (κ2) is 3.35. The summed E-state index contributed by atoms with van der Waals surface area (Å²) in [6.07, 6.45) is 7.07. The monoisotopic (exact) mass is 264 g/mol. The van der Waals surface area contributed by atoms with Crippen molar-refractivity contribution in [3.63, 3.8) is 0 Å². The first-order valence-corrected chi connectivity index (χ1v) is 6.79. The van der Waals surface area contributed by atoms with E-state index in [2.05, 4.69) is 41.1 Å². The van der Waals surface area contributed by atoms with Gasteiger partial charge in [0.2, 0.25) is 0 Å². The summed E-state index contributed by atoms with van der Waals surface area (Å²) in [5.74, 6) is 0.771. The number of hydrogen-bond donors (Lipinski definition) is 0. The van der Waals surface area contributed by atoms with Crippen molar-refractivity contribution in [1.29, 1.82) is 0 Å². The average molecular weight is 265 g/mol. The summed E-state index contributed by atoms with van der Waals surface area (Å²) in [5.41, 5.74) is 3.81. The third-order valence-electron chi connectivity index (χ3n) is 4.67. The zero-order valence-corrected chi connectivity index (χ0v) is 10.8. The molecule has 0 aliphatic heterocycles. The summed E-state index contributed by atoms with van der Waals surface area (Å²) in [6, 6.07) is 6.71. The molecule has 0 radical (unpaired) electrons. The lowest BCUT2D eigenvalue weighted by Gasteiger charge is -2.28. The largest absolute Gasteiger partial charge is 0.0608 e. The summed E-state index contributed by atoms with van der Waals surface area (Å²) < 4.78 is 1.33. The van der Waals surface area contributed by atoms with E-state index in [0.717, 1.165) is 5.92 Å². The van der Waals surface area contributed by atoms with E-state index in [9.17, 15) is 0 Å². The van der Waals surface area contributed by atoms with Gasteiger partial charge in [0.15, 0.2) is 0 Å². The fourth-order valence-electron chi connectivity index (χ4n) is 3.69. The van der Waals surface area contributed by atoms with Crippen LogP contribution in [0.3, 0.4) is 0 Å². The van der Waals surface area contributed by atoms with Gasteiger partial charge in [-0.2, -0.15) is 0 Å². The maximum Gasteiger partial charge on any atom is 0.0210 e. The molecule has 1 atom stereocenters. The molecule has 3 rings (SSSR count). The van der Waals surface area contributed by atoms with Gasteiger partial charge in [0.05, 0.1) is 0 Å². The van der Waals surface area contributed by atoms with Crippen LogP contribution in [0.4, 0.5) is 0 Å². The highest BCUT2D eigenvalue weighted by molar-refractivity contribution is 9.10. The van der Waals surface area contributed by atoms with Crippen molar-refractivity contribution in [2.75, 3.05) is 0 Å². The van der Waals surface area contributed by atoms with Crippen LogP contribution in [-0.4, -0.2) is 0 Å². The van der Waals surface area contributed by atoms with Crippen LogP contribution in [-0.2, 0) is 6.42 Å². The molecule has 1 fully saturated rings. The zero-order chi connectivity index (χ0) is 10.5. The summed E-state index contributed by atoms with van der Waals surface area (Å²) in [6.45, 7) is 2.43. The Morgan fingerprint density at radius 2 is 2.00 bits per heavy atom. The summed E-state index contributed by atoms with van der Waals surface area (Å²) in [5, 5.41) is 0. The van der Waals surface area contributed by atoms with Crippen LogP contribution in [0.25, 0.3) is 0 Å². The van der Waals surface area contributed by atoms with Crippen LogP contribution in [0.2, 0.25) is 0 Å². The molecule has 15 heavy (non-hydrogen) atoms. The van der Waals surface area contributed by atoms with Crippen LogP contribution in [0, 0.1) is 5.41 Å². The van der Waals surface area contributed by atoms with Crippen LogP contribution < -0.4 is 0 Å². The first kappa shape index (κ1) is 9.89. The van der Waals surface area contributed by atoms with E-state index in [1.807, 2.05) is 0 Å². The van der Waals surface area contributed by atoms with E-state index < -0.39 is 0 Å². The lowest BCUT2D eigenvalue weighted by atomic mass is 9.76. The molecule has 2 aliphatic carbocycles. The topological polar surface area (TPSA) is 0 Å². The summed E-state index contributed by atoms with van der Waals surface area (Å²) in [4.78, 5) is 0. The zero-order valence-electron chi connectivity index (χ0n) is 9.22. The lowest BCUT2D eigenvalue weighted by molar-refractivity contribution is 0.266. The molecule has 0 aromatic heterocycles. The molecule has 0 unspecified atom stereocenters. The second-order valence-electron chi connectivity index (χ2n) is 5.28. The van der Waals surface area contributed by atoms with Gasteiger partial charge in [-0.05, 0) is 47.8 Å². The van der Waals surface area contributed by atoms with Crippen molar-refractivity contribution in [2.24, 2.45) is 5.41 Å². The Hall–Kier alpha value is -0.300. The molecule has 2 aliphatic rings. The number of rotatable bonds is 0. The molecule has 1 heteroatoms. The van der Waals surface area contributed by atoms with Crippen LogP contribution in [0.15, 0.2) is 22.7 Å². The molecule has 0 amide bonds. The minimum absolute atomic E-state index is 0.617. The molecular weight excluding hydrogens is 248 g/mol. The smallest absolute Gasteiger partial charge is 0.0210 e. The number of halogens is 1. The quantitative estimate of drug-likeness (QED) is 0.639. The second-order valence-corrected chi connectivity index (χ2v) is 6.13. The van der Waals surface area contributed by atoms with Crippen LogP contribution in [0.1, 0.15) is 49.7 Å². The molecular formula is C14H17Br. The van der Waals surface area contributed by atoms with Crippen molar-refractivity contribution < 1.29 is 0 Å². The summed E-state index contributed by atoms with van der Waals surface area (Å²) >= 11 is 3.71. The predicted molar refractivity (Wildman–Crippen MR) is 67.2 cm³/mol. The molecule has 1 saturated carbocycles. The summed E-state index contributed by atoms with van der Waals surface area (Å²) in [7, 11) is 0. The van der Waals surface area contributed by atoms with Gasteiger partial charge in [-0.1, -0.05) is 47.8 Å². The van der Waals surface area contributed by atoms with Crippen molar-refractivity contribution in [1.82, 2.24) is 0 Å². The fraction of sp³-hybridized carbons (Fsp3) is 0.571. The first-order chi connectivity index (χ1) is 7.23. The van der Waals surface area contributed by atoms with Gasteiger partial charge in [0.1, 0.15) is 0 Å². The Bertz CT molecular complexity index is 388. The molecule has 1 aromatic carbocycles. The molecule has 0 bridgehead atoms. The lowest BCUT2D eigenvalue weighted by Crippen LogP contribution is -2.19. The van der Waals surface area contributed by atoms with E-state index in [-0.39, 0.29) is 0 Å². The van der Waals surface area contributed by atoms with Gasteiger partial charge >= 0.3 is 0 Å². The average Bonchev–Trinajstić information content (AvgIpc) is 2.79. The first-order valence-electron chi connectivity index (χ1n) is 6.00. The highest BCUT2D eigenvalue weighted by Gasteiger charge is 2.45. The van der Waals surface area contributed by atoms with Gasteiger partial charge < -0.3 is 0 Å². The van der Waals surface area contributed by atoms with Crippen molar-refractivity contribution in [3.8, 4) is 0 Å². The highest BCUT2D eigenvalue weighted by Crippen LogP contribution is 2.57. The standard InChI is InChI=1S/C14H17Br/c1-10-11-5-4-6-13(15)12(11)9-14(10)7-2-3-8-14/h4-6,10H,2-3,7-9H2,1H3/t10-/m0/s1. The Morgan fingerprint density at radius 3 is 2.67 bits per heavy atom. The van der Waals surface area contributed by atoms with Crippen LogP contribution in [0.5, 0.6) is 0 Å². The Kier molecular flexibility index (Phi) is 2.21. The minimum atomic E-state index is 0.617. The SMILES string of the molecule is C[C@H]1c2cccc(Br)c2CC12CCCC2. The third kappa shape index (κ3) is 1.32. The Morgan fingerprint density at radius 1 is 1.27 bits per heavy atom. The number of fused-ring (bicyclic) bond motifs is 1. The third-order valence-corrected chi connectivity index (χ3v) is 5.41. The number of benzene rings is 1. The molecule has 0 nitrogen and oxygen atoms in total. The van der Waals surface area contributed by atoms with Crippen molar-refractivity contribution in [3.05, 3.63) is 33.8 Å². The fourth-order valence-corrected chi connectivity index (χ4v) is 4.21. The molecule has 0 N–H and O–H groups in total. The molecule has 1 spiro atoms. The van der Waals surface area contributed by atoms with Crippen molar-refractivity contribution in [2.45, 2.75) is 44.9 Å². The maximum absolute atomic E-state index is 3.71. The van der Waals surface area contributed by atoms with Gasteiger partial charge in [-0.15, -0.1) is 0 Å².